The number of hydrogen-bond donors (Lipinski definition) is 2. The van der Waals surface area contributed by atoms with Gasteiger partial charge in [-0.2, -0.15) is 0 Å². The summed E-state index contributed by atoms with van der Waals surface area (Å²) in [4.78, 5) is 14.7. The van der Waals surface area contributed by atoms with Crippen molar-refractivity contribution in [2.24, 2.45) is 0 Å². The second-order valence-corrected chi connectivity index (χ2v) is 3.74. The number of pyridine rings is 1. The maximum Gasteiger partial charge on any atom is 0.339 e. The van der Waals surface area contributed by atoms with Crippen molar-refractivity contribution < 1.29 is 14.6 Å². The van der Waals surface area contributed by atoms with Crippen LogP contribution >= 0.6 is 0 Å². The number of aromatic nitrogens is 1. The van der Waals surface area contributed by atoms with Crippen LogP contribution in [0.1, 0.15) is 23.2 Å². The first-order valence-electron chi connectivity index (χ1n) is 5.30. The van der Waals surface area contributed by atoms with Gasteiger partial charge in [-0.05, 0) is 18.9 Å². The molecule has 16 heavy (non-hydrogen) atoms. The van der Waals surface area contributed by atoms with Crippen molar-refractivity contribution >= 4 is 11.7 Å². The van der Waals surface area contributed by atoms with Gasteiger partial charge < -0.3 is 15.2 Å². The molecule has 1 aliphatic heterocycles. The highest BCUT2D eigenvalue weighted by Gasteiger charge is 2.16. The summed E-state index contributed by atoms with van der Waals surface area (Å²) in [6.45, 7) is 1.44. The Balaban J connectivity index is 2.00. The maximum absolute atomic E-state index is 10.9. The van der Waals surface area contributed by atoms with Crippen molar-refractivity contribution in [2.75, 3.05) is 18.5 Å². The molecule has 1 aliphatic rings. The summed E-state index contributed by atoms with van der Waals surface area (Å²) >= 11 is 0. The van der Waals surface area contributed by atoms with Gasteiger partial charge in [-0.15, -0.1) is 0 Å². The molecule has 0 saturated carbocycles. The van der Waals surface area contributed by atoms with Crippen molar-refractivity contribution in [3.05, 3.63) is 24.0 Å². The molecule has 5 nitrogen and oxygen atoms in total. The first-order valence-corrected chi connectivity index (χ1v) is 5.30. The molecule has 1 atom stereocenters. The average Bonchev–Trinajstić information content (AvgIpc) is 2.79. The highest BCUT2D eigenvalue weighted by Crippen LogP contribution is 2.16. The largest absolute Gasteiger partial charge is 0.478 e. The number of nitrogens with zero attached hydrogens (tertiary/aromatic N) is 1. The minimum Gasteiger partial charge on any atom is -0.478 e. The van der Waals surface area contributed by atoms with Gasteiger partial charge >= 0.3 is 5.97 Å². The van der Waals surface area contributed by atoms with E-state index in [4.69, 9.17) is 9.84 Å². The van der Waals surface area contributed by atoms with Gasteiger partial charge in [0.1, 0.15) is 5.56 Å². The second-order valence-electron chi connectivity index (χ2n) is 3.74. The lowest BCUT2D eigenvalue weighted by Crippen LogP contribution is -2.19. The summed E-state index contributed by atoms with van der Waals surface area (Å²) in [5, 5.41) is 12.0. The normalized spacial score (nSPS) is 19.6. The van der Waals surface area contributed by atoms with E-state index in [0.29, 0.717) is 12.2 Å². The monoisotopic (exact) mass is 222 g/mol. The second kappa shape index (κ2) is 4.94. The van der Waals surface area contributed by atoms with Crippen LogP contribution in [-0.2, 0) is 4.74 Å². The SMILES string of the molecule is O=C(O)c1cnccc1NC[C@@H]1CCCO1. The van der Waals surface area contributed by atoms with Crippen molar-refractivity contribution in [3.8, 4) is 0 Å². The van der Waals surface area contributed by atoms with Crippen LogP contribution in [0.3, 0.4) is 0 Å². The van der Waals surface area contributed by atoms with Gasteiger partial charge in [-0.3, -0.25) is 4.98 Å². The molecule has 5 heteroatoms. The molecule has 2 heterocycles. The Morgan fingerprint density at radius 1 is 1.69 bits per heavy atom. The van der Waals surface area contributed by atoms with Crippen LogP contribution in [0.15, 0.2) is 18.5 Å². The summed E-state index contributed by atoms with van der Waals surface area (Å²) < 4.78 is 5.45. The van der Waals surface area contributed by atoms with E-state index < -0.39 is 5.97 Å². The molecule has 0 aliphatic carbocycles. The Hall–Kier alpha value is -1.62. The van der Waals surface area contributed by atoms with E-state index in [1.54, 1.807) is 12.3 Å². The first-order chi connectivity index (χ1) is 7.77. The Morgan fingerprint density at radius 3 is 3.25 bits per heavy atom. The topological polar surface area (TPSA) is 71.5 Å². The zero-order valence-electron chi connectivity index (χ0n) is 8.85. The molecule has 0 spiro atoms. The molecule has 2 N–H and O–H groups in total. The molecule has 0 bridgehead atoms. The number of anilines is 1. The number of aromatic carboxylic acids is 1. The average molecular weight is 222 g/mol. The number of carboxylic acid groups (broad SMARTS) is 1. The standard InChI is InChI=1S/C11H14N2O3/c14-11(15)9-7-12-4-3-10(9)13-6-8-2-1-5-16-8/h3-4,7-8H,1-2,5-6H2,(H,12,13)(H,14,15)/t8-/m0/s1. The third kappa shape index (κ3) is 2.49. The molecule has 1 saturated heterocycles. The van der Waals surface area contributed by atoms with E-state index in [1.165, 1.54) is 6.20 Å². The fraction of sp³-hybridized carbons (Fsp3) is 0.455. The molecule has 0 radical (unpaired) electrons. The van der Waals surface area contributed by atoms with E-state index in [-0.39, 0.29) is 11.7 Å². The van der Waals surface area contributed by atoms with Gasteiger partial charge in [0.05, 0.1) is 11.8 Å². The van der Waals surface area contributed by atoms with Crippen LogP contribution < -0.4 is 5.32 Å². The summed E-state index contributed by atoms with van der Waals surface area (Å²) in [6, 6.07) is 1.67. The van der Waals surface area contributed by atoms with Crippen LogP contribution in [-0.4, -0.2) is 35.3 Å². The molecule has 1 aromatic heterocycles. The van der Waals surface area contributed by atoms with E-state index in [1.807, 2.05) is 0 Å². The molecule has 2 rings (SSSR count). The molecule has 1 fully saturated rings. The molecular formula is C11H14N2O3. The van der Waals surface area contributed by atoms with Gasteiger partial charge in [0.25, 0.3) is 0 Å². The number of carbonyl (C=O) groups is 1. The summed E-state index contributed by atoms with van der Waals surface area (Å²) in [6.07, 6.45) is 5.22. The van der Waals surface area contributed by atoms with E-state index >= 15 is 0 Å². The number of nitrogens with one attached hydrogen (secondary N) is 1. The lowest BCUT2D eigenvalue weighted by molar-refractivity contribution is 0.0697. The molecule has 1 aromatic rings. The Morgan fingerprint density at radius 2 is 2.56 bits per heavy atom. The van der Waals surface area contributed by atoms with Gasteiger partial charge in [0.2, 0.25) is 0 Å². The zero-order valence-corrected chi connectivity index (χ0v) is 8.85. The fourth-order valence-electron chi connectivity index (χ4n) is 1.75. The zero-order chi connectivity index (χ0) is 11.4. The minimum absolute atomic E-state index is 0.190. The van der Waals surface area contributed by atoms with Crippen molar-refractivity contribution in [1.82, 2.24) is 4.98 Å². The van der Waals surface area contributed by atoms with E-state index in [2.05, 4.69) is 10.3 Å². The van der Waals surface area contributed by atoms with Gasteiger partial charge in [0, 0.05) is 25.5 Å². The number of ether oxygens (including phenoxy) is 1. The summed E-state index contributed by atoms with van der Waals surface area (Å²) in [5.74, 6) is -0.969. The maximum atomic E-state index is 10.9. The van der Waals surface area contributed by atoms with Crippen molar-refractivity contribution in [3.63, 3.8) is 0 Å². The Kier molecular flexibility index (Phi) is 3.36. The van der Waals surface area contributed by atoms with Crippen LogP contribution in [0, 0.1) is 0 Å². The lowest BCUT2D eigenvalue weighted by Gasteiger charge is -2.13. The molecular weight excluding hydrogens is 208 g/mol. The summed E-state index contributed by atoms with van der Waals surface area (Å²) in [5.41, 5.74) is 0.790. The van der Waals surface area contributed by atoms with Crippen LogP contribution in [0.25, 0.3) is 0 Å². The molecule has 0 amide bonds. The predicted octanol–water partition coefficient (Wildman–Crippen LogP) is 1.37. The van der Waals surface area contributed by atoms with Gasteiger partial charge in [0.15, 0.2) is 0 Å². The smallest absolute Gasteiger partial charge is 0.339 e. The number of carboxylic acids is 1. The third-order valence-electron chi connectivity index (χ3n) is 2.60. The number of rotatable bonds is 4. The lowest BCUT2D eigenvalue weighted by atomic mass is 10.2. The quantitative estimate of drug-likeness (QED) is 0.805. The third-order valence-corrected chi connectivity index (χ3v) is 2.60. The Bertz CT molecular complexity index is 375. The van der Waals surface area contributed by atoms with Crippen LogP contribution in [0.2, 0.25) is 0 Å². The highest BCUT2D eigenvalue weighted by atomic mass is 16.5. The summed E-state index contributed by atoms with van der Waals surface area (Å²) in [7, 11) is 0. The highest BCUT2D eigenvalue weighted by molar-refractivity contribution is 5.93. The minimum atomic E-state index is -0.969. The molecule has 0 aromatic carbocycles. The van der Waals surface area contributed by atoms with E-state index in [9.17, 15) is 4.79 Å². The fourth-order valence-corrected chi connectivity index (χ4v) is 1.75. The predicted molar refractivity (Wildman–Crippen MR) is 58.7 cm³/mol. The molecule has 0 unspecified atom stereocenters. The van der Waals surface area contributed by atoms with Crippen LogP contribution in [0.5, 0.6) is 0 Å². The van der Waals surface area contributed by atoms with Gasteiger partial charge in [-0.1, -0.05) is 0 Å². The van der Waals surface area contributed by atoms with Gasteiger partial charge in [-0.25, -0.2) is 4.79 Å². The van der Waals surface area contributed by atoms with Crippen molar-refractivity contribution in [2.45, 2.75) is 18.9 Å². The Labute approximate surface area is 93.5 Å². The molecule has 86 valence electrons. The number of hydrogen-bond acceptors (Lipinski definition) is 4. The van der Waals surface area contributed by atoms with E-state index in [0.717, 1.165) is 19.4 Å². The van der Waals surface area contributed by atoms with Crippen molar-refractivity contribution in [1.29, 1.82) is 0 Å². The van der Waals surface area contributed by atoms with Crippen LogP contribution in [0.4, 0.5) is 5.69 Å². The first kappa shape index (κ1) is 10.9.